The van der Waals surface area contributed by atoms with Gasteiger partial charge in [-0.3, -0.25) is 14.9 Å². The Morgan fingerprint density at radius 2 is 2.30 bits per heavy atom. The Morgan fingerprint density at radius 1 is 1.60 bits per heavy atom. The van der Waals surface area contributed by atoms with Gasteiger partial charge in [-0.1, -0.05) is 6.07 Å². The van der Waals surface area contributed by atoms with Gasteiger partial charge in [-0.25, -0.2) is 0 Å². The first-order valence-corrected chi connectivity index (χ1v) is 6.41. The standard InChI is InChI=1S/C13H17N3O4/c1-8-11(16(18)19)3-2-4-12(8)20-7-10(13(14)17)15-9-5-6-9/h2-4,9-10,15H,5-7H2,1H3,(H2,14,17). The average Bonchev–Trinajstić information content (AvgIpc) is 3.19. The molecular weight excluding hydrogens is 262 g/mol. The van der Waals surface area contributed by atoms with Gasteiger partial charge < -0.3 is 15.8 Å². The molecule has 0 radical (unpaired) electrons. The molecule has 1 unspecified atom stereocenters. The van der Waals surface area contributed by atoms with Crippen LogP contribution in [0.2, 0.25) is 0 Å². The van der Waals surface area contributed by atoms with Crippen molar-refractivity contribution in [3.63, 3.8) is 0 Å². The highest BCUT2D eigenvalue weighted by atomic mass is 16.6. The maximum Gasteiger partial charge on any atom is 0.276 e. The number of nitro groups is 1. The summed E-state index contributed by atoms with van der Waals surface area (Å²) in [5.41, 5.74) is 5.73. The average molecular weight is 279 g/mol. The van der Waals surface area contributed by atoms with Gasteiger partial charge in [0.15, 0.2) is 0 Å². The number of hydrogen-bond acceptors (Lipinski definition) is 5. The number of nitrogens with one attached hydrogen (secondary N) is 1. The smallest absolute Gasteiger partial charge is 0.276 e. The zero-order chi connectivity index (χ0) is 14.7. The van der Waals surface area contributed by atoms with Gasteiger partial charge >= 0.3 is 0 Å². The Balaban J connectivity index is 2.03. The van der Waals surface area contributed by atoms with E-state index in [4.69, 9.17) is 10.5 Å². The predicted molar refractivity (Wildman–Crippen MR) is 72.5 cm³/mol. The van der Waals surface area contributed by atoms with Gasteiger partial charge in [0.25, 0.3) is 5.69 Å². The number of ether oxygens (including phenoxy) is 1. The van der Waals surface area contributed by atoms with Crippen LogP contribution in [0.3, 0.4) is 0 Å². The van der Waals surface area contributed by atoms with E-state index in [1.54, 1.807) is 19.1 Å². The minimum atomic E-state index is -0.582. The Labute approximate surface area is 116 Å². The molecule has 0 saturated heterocycles. The number of carbonyl (C=O) groups excluding carboxylic acids is 1. The molecule has 7 nitrogen and oxygen atoms in total. The lowest BCUT2D eigenvalue weighted by Crippen LogP contribution is -2.46. The van der Waals surface area contributed by atoms with Gasteiger partial charge in [-0.2, -0.15) is 0 Å². The Hall–Kier alpha value is -2.15. The molecule has 108 valence electrons. The molecule has 0 aliphatic heterocycles. The van der Waals surface area contributed by atoms with Crippen LogP contribution in [0.1, 0.15) is 18.4 Å². The van der Waals surface area contributed by atoms with E-state index in [9.17, 15) is 14.9 Å². The minimum Gasteiger partial charge on any atom is -0.491 e. The third-order valence-electron chi connectivity index (χ3n) is 3.22. The summed E-state index contributed by atoms with van der Waals surface area (Å²) < 4.78 is 5.51. The van der Waals surface area contributed by atoms with Gasteiger partial charge in [0.2, 0.25) is 5.91 Å². The molecule has 3 N–H and O–H groups in total. The third-order valence-corrected chi connectivity index (χ3v) is 3.22. The monoisotopic (exact) mass is 279 g/mol. The molecule has 1 atom stereocenters. The Kier molecular flexibility index (Phi) is 4.19. The van der Waals surface area contributed by atoms with Crippen LogP contribution in [0.5, 0.6) is 5.75 Å². The maximum atomic E-state index is 11.3. The highest BCUT2D eigenvalue weighted by molar-refractivity contribution is 5.80. The molecule has 0 heterocycles. The number of benzene rings is 1. The summed E-state index contributed by atoms with van der Waals surface area (Å²) in [6.07, 6.45) is 2.05. The van der Waals surface area contributed by atoms with Crippen LogP contribution >= 0.6 is 0 Å². The normalized spacial score (nSPS) is 15.7. The first-order chi connectivity index (χ1) is 9.49. The largest absolute Gasteiger partial charge is 0.491 e. The minimum absolute atomic E-state index is 0.00622. The second-order valence-corrected chi connectivity index (χ2v) is 4.86. The molecule has 1 saturated carbocycles. The molecule has 20 heavy (non-hydrogen) atoms. The summed E-state index contributed by atoms with van der Waals surface area (Å²) in [5, 5.41) is 13.9. The molecule has 1 aliphatic rings. The summed E-state index contributed by atoms with van der Waals surface area (Å²) in [6, 6.07) is 4.34. The van der Waals surface area contributed by atoms with Crippen molar-refractivity contribution >= 4 is 11.6 Å². The molecule has 0 aromatic heterocycles. The van der Waals surface area contributed by atoms with E-state index in [0.717, 1.165) is 12.8 Å². The number of rotatable bonds is 7. The summed E-state index contributed by atoms with van der Waals surface area (Å²) in [5.74, 6) is -0.0944. The van der Waals surface area contributed by atoms with E-state index in [0.29, 0.717) is 17.4 Å². The molecular formula is C13H17N3O4. The van der Waals surface area contributed by atoms with Gasteiger partial charge in [-0.15, -0.1) is 0 Å². The topological polar surface area (TPSA) is 107 Å². The second-order valence-electron chi connectivity index (χ2n) is 4.86. The predicted octanol–water partition coefficient (Wildman–Crippen LogP) is 0.888. The van der Waals surface area contributed by atoms with E-state index in [1.165, 1.54) is 6.07 Å². The number of nitrogens with two attached hydrogens (primary N) is 1. The number of carbonyl (C=O) groups is 1. The molecule has 0 spiro atoms. The Morgan fingerprint density at radius 3 is 2.85 bits per heavy atom. The van der Waals surface area contributed by atoms with Gasteiger partial charge in [0.05, 0.1) is 10.5 Å². The molecule has 1 fully saturated rings. The molecule has 7 heteroatoms. The van der Waals surface area contributed by atoms with Crippen molar-refractivity contribution in [2.45, 2.75) is 31.8 Å². The van der Waals surface area contributed by atoms with Crippen LogP contribution in [0.25, 0.3) is 0 Å². The number of hydrogen-bond donors (Lipinski definition) is 2. The van der Waals surface area contributed by atoms with Crippen LogP contribution in [0, 0.1) is 17.0 Å². The van der Waals surface area contributed by atoms with Crippen LogP contribution in [0.4, 0.5) is 5.69 Å². The first kappa shape index (κ1) is 14.3. The summed E-state index contributed by atoms with van der Waals surface area (Å²) in [7, 11) is 0. The first-order valence-electron chi connectivity index (χ1n) is 6.41. The fourth-order valence-electron chi connectivity index (χ4n) is 1.88. The summed E-state index contributed by atoms with van der Waals surface area (Å²) in [4.78, 5) is 21.7. The van der Waals surface area contributed by atoms with Crippen molar-refractivity contribution in [3.8, 4) is 5.75 Å². The van der Waals surface area contributed by atoms with Crippen molar-refractivity contribution < 1.29 is 14.5 Å². The van der Waals surface area contributed by atoms with E-state index in [2.05, 4.69) is 5.32 Å². The van der Waals surface area contributed by atoms with Gasteiger partial charge in [-0.05, 0) is 25.8 Å². The number of primary amides is 1. The second kappa shape index (κ2) is 5.87. The maximum absolute atomic E-state index is 11.3. The highest BCUT2D eigenvalue weighted by Gasteiger charge is 2.28. The Bertz CT molecular complexity index is 528. The lowest BCUT2D eigenvalue weighted by molar-refractivity contribution is -0.385. The molecule has 1 aromatic carbocycles. The van der Waals surface area contributed by atoms with Crippen molar-refractivity contribution in [3.05, 3.63) is 33.9 Å². The van der Waals surface area contributed by atoms with E-state index < -0.39 is 16.9 Å². The fourth-order valence-corrected chi connectivity index (χ4v) is 1.88. The summed E-state index contributed by atoms with van der Waals surface area (Å²) in [6.45, 7) is 1.68. The quantitative estimate of drug-likeness (QED) is 0.569. The highest BCUT2D eigenvalue weighted by Crippen LogP contribution is 2.27. The van der Waals surface area contributed by atoms with E-state index in [1.807, 2.05) is 0 Å². The fraction of sp³-hybridized carbons (Fsp3) is 0.462. The molecule has 1 aromatic rings. The third kappa shape index (κ3) is 3.45. The SMILES string of the molecule is Cc1c(OCC(NC2CC2)C(N)=O)cccc1[N+](=O)[O-]. The van der Waals surface area contributed by atoms with Gasteiger partial charge in [0.1, 0.15) is 18.4 Å². The number of nitrogens with zero attached hydrogens (tertiary/aromatic N) is 1. The zero-order valence-corrected chi connectivity index (χ0v) is 11.2. The van der Waals surface area contributed by atoms with Crippen LogP contribution in [0.15, 0.2) is 18.2 Å². The molecule has 2 rings (SSSR count). The van der Waals surface area contributed by atoms with Crippen LogP contribution < -0.4 is 15.8 Å². The molecule has 1 amide bonds. The zero-order valence-electron chi connectivity index (χ0n) is 11.2. The lowest BCUT2D eigenvalue weighted by Gasteiger charge is -2.16. The van der Waals surface area contributed by atoms with Crippen LogP contribution in [-0.4, -0.2) is 29.5 Å². The molecule has 1 aliphatic carbocycles. The van der Waals surface area contributed by atoms with Crippen molar-refractivity contribution in [1.82, 2.24) is 5.32 Å². The summed E-state index contributed by atoms with van der Waals surface area (Å²) >= 11 is 0. The number of amides is 1. The lowest BCUT2D eigenvalue weighted by atomic mass is 10.2. The molecule has 0 bridgehead atoms. The van der Waals surface area contributed by atoms with Crippen LogP contribution in [-0.2, 0) is 4.79 Å². The van der Waals surface area contributed by atoms with E-state index >= 15 is 0 Å². The van der Waals surface area contributed by atoms with E-state index in [-0.39, 0.29) is 12.3 Å². The van der Waals surface area contributed by atoms with Crippen molar-refractivity contribution in [2.75, 3.05) is 6.61 Å². The van der Waals surface area contributed by atoms with Crippen molar-refractivity contribution in [1.29, 1.82) is 0 Å². The van der Waals surface area contributed by atoms with Gasteiger partial charge in [0, 0.05) is 12.1 Å². The van der Waals surface area contributed by atoms with Crippen molar-refractivity contribution in [2.24, 2.45) is 5.73 Å². The number of nitro benzene ring substituents is 1.